The van der Waals surface area contributed by atoms with E-state index in [1.807, 2.05) is 22.6 Å². The number of rotatable bonds is 4. The first-order valence-corrected chi connectivity index (χ1v) is 8.09. The summed E-state index contributed by atoms with van der Waals surface area (Å²) in [5.74, 6) is 0. The molecule has 0 aliphatic carbocycles. The van der Waals surface area contributed by atoms with Crippen LogP contribution < -0.4 is 0 Å². The maximum absolute atomic E-state index is 12.8. The van der Waals surface area contributed by atoms with Crippen LogP contribution in [0.1, 0.15) is 11.1 Å². The summed E-state index contributed by atoms with van der Waals surface area (Å²) in [7, 11) is -3.61. The Bertz CT molecular complexity index is 667. The van der Waals surface area contributed by atoms with E-state index < -0.39 is 22.0 Å². The number of alkyl halides is 3. The summed E-state index contributed by atoms with van der Waals surface area (Å²) in [6.07, 6.45) is -3.68. The van der Waals surface area contributed by atoms with Gasteiger partial charge in [0.15, 0.2) is 0 Å². The van der Waals surface area contributed by atoms with Crippen molar-refractivity contribution >= 4 is 32.7 Å². The molecule has 1 aliphatic heterocycles. The van der Waals surface area contributed by atoms with Gasteiger partial charge in [-0.1, -0.05) is 12.1 Å². The Morgan fingerprint density at radius 3 is 2.35 bits per heavy atom. The summed E-state index contributed by atoms with van der Waals surface area (Å²) < 4.78 is 65.3. The Balaban J connectivity index is 2.23. The van der Waals surface area contributed by atoms with Crippen LogP contribution in [0.4, 0.5) is 13.2 Å². The van der Waals surface area contributed by atoms with E-state index in [1.54, 1.807) is 0 Å². The lowest BCUT2D eigenvalue weighted by molar-refractivity contribution is -0.166. The zero-order valence-electron chi connectivity index (χ0n) is 9.98. The second-order valence-electron chi connectivity index (χ2n) is 4.14. The van der Waals surface area contributed by atoms with E-state index in [-0.39, 0.29) is 12.2 Å². The van der Waals surface area contributed by atoms with Gasteiger partial charge >= 0.3 is 11.8 Å². The van der Waals surface area contributed by atoms with Gasteiger partial charge in [0.2, 0.25) is 0 Å². The molecule has 0 N–H and O–H groups in total. The predicted octanol–water partition coefficient (Wildman–Crippen LogP) is 2.95. The van der Waals surface area contributed by atoms with Crippen molar-refractivity contribution in [2.45, 2.75) is 18.4 Å². The van der Waals surface area contributed by atoms with Gasteiger partial charge < -0.3 is 0 Å². The quantitative estimate of drug-likeness (QED) is 0.556. The highest BCUT2D eigenvalue weighted by molar-refractivity contribution is 14.1. The summed E-state index contributed by atoms with van der Waals surface area (Å²) in [6, 6.07) is 3.87. The van der Waals surface area contributed by atoms with E-state index in [2.05, 4.69) is 14.4 Å². The Hall–Kier alpha value is -0.750. The lowest BCUT2D eigenvalue weighted by atomic mass is 10.0. The number of hydrogen-bond donors (Lipinski definition) is 0. The Morgan fingerprint density at radius 1 is 1.35 bits per heavy atom. The fraction of sp³-hybridized carbons (Fsp3) is 0.400. The van der Waals surface area contributed by atoms with Crippen molar-refractivity contribution in [1.82, 2.24) is 0 Å². The lowest BCUT2D eigenvalue weighted by Crippen LogP contribution is -2.30. The standard InChI is InChI=1S/C10H8F3IN2O3S/c1-20(17,18)19-5-6-2-3-7(4-8(6)14)9(15-16-9)10(11,12)13/h2-4H,5H2,1H3. The fourth-order valence-electron chi connectivity index (χ4n) is 1.49. The molecule has 1 aromatic rings. The highest BCUT2D eigenvalue weighted by Gasteiger charge is 2.65. The molecule has 0 fully saturated rings. The van der Waals surface area contributed by atoms with Crippen molar-refractivity contribution in [3.05, 3.63) is 32.9 Å². The zero-order chi connectivity index (χ0) is 15.2. The molecule has 0 amide bonds. The van der Waals surface area contributed by atoms with Crippen LogP contribution in [-0.4, -0.2) is 20.8 Å². The lowest BCUT2D eigenvalue weighted by Gasteiger charge is -2.16. The molecule has 0 spiro atoms. The molecule has 2 rings (SSSR count). The first-order valence-electron chi connectivity index (χ1n) is 5.19. The SMILES string of the molecule is CS(=O)(=O)OCc1ccc(C2(C(F)(F)F)N=N2)cc1I. The average Bonchev–Trinajstić information content (AvgIpc) is 3.06. The van der Waals surface area contributed by atoms with Crippen LogP contribution in [0.15, 0.2) is 28.4 Å². The molecule has 5 nitrogen and oxygen atoms in total. The normalized spacial score (nSPS) is 17.2. The fourth-order valence-corrected chi connectivity index (χ4v) is 2.51. The number of nitrogens with zero attached hydrogens (tertiary/aromatic N) is 2. The molecule has 0 unspecified atom stereocenters. The zero-order valence-corrected chi connectivity index (χ0v) is 13.0. The highest BCUT2D eigenvalue weighted by Crippen LogP contribution is 2.52. The Kier molecular flexibility index (Phi) is 3.84. The summed E-state index contributed by atoms with van der Waals surface area (Å²) in [5, 5.41) is 6.20. The second kappa shape index (κ2) is 4.91. The number of benzene rings is 1. The van der Waals surface area contributed by atoms with Gasteiger partial charge in [0.1, 0.15) is 0 Å². The van der Waals surface area contributed by atoms with Crippen LogP contribution in [0, 0.1) is 3.57 Å². The summed E-state index contributed by atoms with van der Waals surface area (Å²) in [5.41, 5.74) is -2.10. The molecular formula is C10H8F3IN2O3S. The van der Waals surface area contributed by atoms with Crippen LogP contribution in [0.2, 0.25) is 0 Å². The maximum Gasteiger partial charge on any atom is 0.442 e. The Morgan fingerprint density at radius 2 is 1.95 bits per heavy atom. The molecule has 20 heavy (non-hydrogen) atoms. The summed E-state index contributed by atoms with van der Waals surface area (Å²) >= 11 is 1.81. The molecule has 1 aromatic carbocycles. The van der Waals surface area contributed by atoms with Crippen LogP contribution in [0.3, 0.4) is 0 Å². The van der Waals surface area contributed by atoms with Crippen LogP contribution in [0.25, 0.3) is 0 Å². The largest absolute Gasteiger partial charge is 0.442 e. The highest BCUT2D eigenvalue weighted by atomic mass is 127. The minimum atomic E-state index is -4.58. The van der Waals surface area contributed by atoms with Gasteiger partial charge in [0.25, 0.3) is 10.1 Å². The van der Waals surface area contributed by atoms with Crippen molar-refractivity contribution in [3.63, 3.8) is 0 Å². The third kappa shape index (κ3) is 3.11. The van der Waals surface area contributed by atoms with Gasteiger partial charge in [-0.05, 0) is 34.2 Å². The van der Waals surface area contributed by atoms with E-state index in [4.69, 9.17) is 0 Å². The summed E-state index contributed by atoms with van der Waals surface area (Å²) in [4.78, 5) is 0. The molecule has 1 aliphatic rings. The number of hydrogen-bond acceptors (Lipinski definition) is 5. The Labute approximate surface area is 126 Å². The first kappa shape index (κ1) is 15.6. The van der Waals surface area contributed by atoms with Crippen molar-refractivity contribution in [1.29, 1.82) is 0 Å². The summed E-state index contributed by atoms with van der Waals surface area (Å²) in [6.45, 7) is -0.231. The minimum Gasteiger partial charge on any atom is -0.265 e. The van der Waals surface area contributed by atoms with Gasteiger partial charge in [0, 0.05) is 9.13 Å². The minimum absolute atomic E-state index is 0.0995. The molecule has 0 saturated heterocycles. The second-order valence-corrected chi connectivity index (χ2v) is 6.95. The first-order chi connectivity index (χ1) is 9.05. The van der Waals surface area contributed by atoms with Gasteiger partial charge in [-0.2, -0.15) is 21.6 Å². The third-order valence-corrected chi connectivity index (χ3v) is 4.13. The number of halogens is 4. The van der Waals surface area contributed by atoms with Gasteiger partial charge in [-0.25, -0.2) is 0 Å². The van der Waals surface area contributed by atoms with Crippen molar-refractivity contribution in [2.24, 2.45) is 10.2 Å². The van der Waals surface area contributed by atoms with E-state index >= 15 is 0 Å². The van der Waals surface area contributed by atoms with Crippen LogP contribution >= 0.6 is 22.6 Å². The molecular weight excluding hydrogens is 412 g/mol. The van der Waals surface area contributed by atoms with Crippen molar-refractivity contribution in [3.8, 4) is 0 Å². The molecule has 0 radical (unpaired) electrons. The van der Waals surface area contributed by atoms with Gasteiger partial charge in [0.05, 0.1) is 12.9 Å². The van der Waals surface area contributed by atoms with E-state index in [1.165, 1.54) is 18.2 Å². The monoisotopic (exact) mass is 420 g/mol. The molecule has 0 atom stereocenters. The van der Waals surface area contributed by atoms with Gasteiger partial charge in [-0.15, -0.1) is 10.2 Å². The molecule has 0 aromatic heterocycles. The molecule has 10 heteroatoms. The van der Waals surface area contributed by atoms with Crippen LogP contribution in [0.5, 0.6) is 0 Å². The van der Waals surface area contributed by atoms with E-state index in [9.17, 15) is 21.6 Å². The smallest absolute Gasteiger partial charge is 0.265 e. The predicted molar refractivity (Wildman–Crippen MR) is 71.4 cm³/mol. The molecule has 0 saturated carbocycles. The molecule has 1 heterocycles. The van der Waals surface area contributed by atoms with Crippen molar-refractivity contribution < 1.29 is 25.8 Å². The van der Waals surface area contributed by atoms with Gasteiger partial charge in [-0.3, -0.25) is 4.18 Å². The van der Waals surface area contributed by atoms with E-state index in [0.29, 0.717) is 9.13 Å². The maximum atomic E-state index is 12.8. The average molecular weight is 420 g/mol. The topological polar surface area (TPSA) is 68.1 Å². The molecule has 110 valence electrons. The van der Waals surface area contributed by atoms with Crippen LogP contribution in [-0.2, 0) is 26.6 Å². The third-order valence-electron chi connectivity index (χ3n) is 2.58. The van der Waals surface area contributed by atoms with Crippen molar-refractivity contribution in [2.75, 3.05) is 6.26 Å². The van der Waals surface area contributed by atoms with E-state index in [0.717, 1.165) is 6.26 Å². The molecule has 0 bridgehead atoms.